The highest BCUT2D eigenvalue weighted by Crippen LogP contribution is 2.16. The van der Waals surface area contributed by atoms with Crippen LogP contribution in [0.25, 0.3) is 0 Å². The summed E-state index contributed by atoms with van der Waals surface area (Å²) in [5, 5.41) is 2.63. The normalized spacial score (nSPS) is 11.9. The van der Waals surface area contributed by atoms with Crippen molar-refractivity contribution in [2.45, 2.75) is 17.2 Å². The maximum Gasteiger partial charge on any atom is 0.287 e. The van der Waals surface area contributed by atoms with Crippen LogP contribution in [-0.4, -0.2) is 10.1 Å². The predicted molar refractivity (Wildman–Crippen MR) is 92.8 cm³/mol. The fourth-order valence-corrected chi connectivity index (χ4v) is 3.31. The highest BCUT2D eigenvalue weighted by molar-refractivity contribution is 7.84. The van der Waals surface area contributed by atoms with Gasteiger partial charge in [-0.1, -0.05) is 12.1 Å². The van der Waals surface area contributed by atoms with Gasteiger partial charge < -0.3 is 9.73 Å². The van der Waals surface area contributed by atoms with Crippen LogP contribution in [0.4, 0.5) is 8.78 Å². The zero-order chi connectivity index (χ0) is 18.5. The van der Waals surface area contributed by atoms with Crippen LogP contribution in [0.3, 0.4) is 0 Å². The zero-order valence-corrected chi connectivity index (χ0v) is 14.4. The second-order valence-corrected chi connectivity index (χ2v) is 6.97. The molecular formula is C19H15F2NO3S. The van der Waals surface area contributed by atoms with Gasteiger partial charge in [-0.05, 0) is 54.1 Å². The van der Waals surface area contributed by atoms with Crippen molar-refractivity contribution in [3.63, 3.8) is 0 Å². The van der Waals surface area contributed by atoms with Crippen LogP contribution in [0.1, 0.15) is 21.9 Å². The summed E-state index contributed by atoms with van der Waals surface area (Å²) in [6, 6.07) is 14.3. The molecule has 1 heterocycles. The SMILES string of the molecule is O=C(NCc1cccc(F)c1)c1ccc(C[S@@](=O)c2ccc(F)cc2)o1. The van der Waals surface area contributed by atoms with Gasteiger partial charge in [0.2, 0.25) is 0 Å². The van der Waals surface area contributed by atoms with Gasteiger partial charge in [0.25, 0.3) is 5.91 Å². The minimum atomic E-state index is -1.41. The van der Waals surface area contributed by atoms with Crippen molar-refractivity contribution >= 4 is 16.7 Å². The Hall–Kier alpha value is -2.80. The van der Waals surface area contributed by atoms with Crippen LogP contribution in [0.2, 0.25) is 0 Å². The highest BCUT2D eigenvalue weighted by atomic mass is 32.2. The lowest BCUT2D eigenvalue weighted by Crippen LogP contribution is -2.22. The first-order chi connectivity index (χ1) is 12.5. The van der Waals surface area contributed by atoms with Crippen LogP contribution in [-0.2, 0) is 23.1 Å². The Balaban J connectivity index is 1.59. The molecule has 4 nitrogen and oxygen atoms in total. The fourth-order valence-electron chi connectivity index (χ4n) is 2.29. The summed E-state index contributed by atoms with van der Waals surface area (Å²) in [5.41, 5.74) is 0.627. The zero-order valence-electron chi connectivity index (χ0n) is 13.6. The maximum atomic E-state index is 13.1. The summed E-state index contributed by atoms with van der Waals surface area (Å²) < 4.78 is 43.7. The first-order valence-corrected chi connectivity index (χ1v) is 9.08. The van der Waals surface area contributed by atoms with E-state index in [2.05, 4.69) is 5.32 Å². The molecule has 0 saturated carbocycles. The third kappa shape index (κ3) is 4.64. The summed E-state index contributed by atoms with van der Waals surface area (Å²) in [5.74, 6) is -0.700. The van der Waals surface area contributed by atoms with Crippen LogP contribution in [0, 0.1) is 11.6 Å². The Labute approximate surface area is 151 Å². The number of carbonyl (C=O) groups excluding carboxylic acids is 1. The van der Waals surface area contributed by atoms with Crippen LogP contribution in [0.15, 0.2) is 70.0 Å². The predicted octanol–water partition coefficient (Wildman–Crippen LogP) is 3.80. The molecule has 134 valence electrons. The molecule has 1 atom stereocenters. The highest BCUT2D eigenvalue weighted by Gasteiger charge is 2.14. The molecule has 3 rings (SSSR count). The van der Waals surface area contributed by atoms with E-state index in [1.807, 2.05) is 0 Å². The summed E-state index contributed by atoms with van der Waals surface area (Å²) in [4.78, 5) is 12.6. The van der Waals surface area contributed by atoms with Crippen molar-refractivity contribution in [2.75, 3.05) is 0 Å². The van der Waals surface area contributed by atoms with E-state index in [1.165, 1.54) is 42.5 Å². The van der Waals surface area contributed by atoms with Crippen molar-refractivity contribution in [1.82, 2.24) is 5.32 Å². The third-order valence-corrected chi connectivity index (χ3v) is 4.92. The number of halogens is 2. The van der Waals surface area contributed by atoms with E-state index in [4.69, 9.17) is 4.42 Å². The van der Waals surface area contributed by atoms with E-state index in [9.17, 15) is 17.8 Å². The summed E-state index contributed by atoms with van der Waals surface area (Å²) >= 11 is 0. The monoisotopic (exact) mass is 375 g/mol. The molecular weight excluding hydrogens is 360 g/mol. The number of hydrogen-bond donors (Lipinski definition) is 1. The number of amides is 1. The molecule has 3 aromatic rings. The van der Waals surface area contributed by atoms with Gasteiger partial charge in [-0.3, -0.25) is 9.00 Å². The summed E-state index contributed by atoms with van der Waals surface area (Å²) in [7, 11) is -1.41. The van der Waals surface area contributed by atoms with Crippen molar-refractivity contribution in [3.05, 3.63) is 89.4 Å². The van der Waals surface area contributed by atoms with Gasteiger partial charge in [0.1, 0.15) is 17.4 Å². The molecule has 0 bridgehead atoms. The number of rotatable bonds is 6. The smallest absolute Gasteiger partial charge is 0.287 e. The molecule has 0 unspecified atom stereocenters. The lowest BCUT2D eigenvalue weighted by Gasteiger charge is -2.04. The number of nitrogens with one attached hydrogen (secondary N) is 1. The Morgan fingerprint density at radius 1 is 1.00 bits per heavy atom. The van der Waals surface area contributed by atoms with Gasteiger partial charge in [0.05, 0.1) is 16.6 Å². The molecule has 2 aromatic carbocycles. The van der Waals surface area contributed by atoms with Crippen LogP contribution in [0.5, 0.6) is 0 Å². The Morgan fingerprint density at radius 2 is 1.77 bits per heavy atom. The summed E-state index contributed by atoms with van der Waals surface area (Å²) in [6.07, 6.45) is 0. The van der Waals surface area contributed by atoms with Gasteiger partial charge in [-0.2, -0.15) is 0 Å². The Morgan fingerprint density at radius 3 is 2.50 bits per heavy atom. The topological polar surface area (TPSA) is 59.3 Å². The first kappa shape index (κ1) is 18.0. The van der Waals surface area contributed by atoms with Crippen molar-refractivity contribution in [1.29, 1.82) is 0 Å². The number of furan rings is 1. The fraction of sp³-hybridized carbons (Fsp3) is 0.105. The molecule has 0 spiro atoms. The molecule has 0 aliphatic heterocycles. The molecule has 0 fully saturated rings. The van der Waals surface area contributed by atoms with E-state index in [0.29, 0.717) is 16.2 Å². The number of carbonyl (C=O) groups is 1. The molecule has 7 heteroatoms. The van der Waals surface area contributed by atoms with E-state index < -0.39 is 22.5 Å². The van der Waals surface area contributed by atoms with Gasteiger partial charge in [0.15, 0.2) is 5.76 Å². The first-order valence-electron chi connectivity index (χ1n) is 7.76. The maximum absolute atomic E-state index is 13.1. The van der Waals surface area contributed by atoms with Crippen LogP contribution >= 0.6 is 0 Å². The lowest BCUT2D eigenvalue weighted by atomic mass is 10.2. The van der Waals surface area contributed by atoms with E-state index >= 15 is 0 Å². The third-order valence-electron chi connectivity index (χ3n) is 3.58. The molecule has 0 aliphatic carbocycles. The standard InChI is InChI=1S/C19H15F2NO3S/c20-14-4-7-17(8-5-14)26(24)12-16-6-9-18(25-16)19(23)22-11-13-2-1-3-15(21)10-13/h1-10H,11-12H2,(H,22,23)/t26-/m1/s1. The van der Waals surface area contributed by atoms with Crippen LogP contribution < -0.4 is 5.32 Å². The largest absolute Gasteiger partial charge is 0.455 e. The molecule has 1 aromatic heterocycles. The average molecular weight is 375 g/mol. The second-order valence-electron chi connectivity index (χ2n) is 5.52. The quantitative estimate of drug-likeness (QED) is 0.713. The Bertz CT molecular complexity index is 938. The van der Waals surface area contributed by atoms with E-state index in [-0.39, 0.29) is 23.9 Å². The molecule has 1 N–H and O–H groups in total. The minimum absolute atomic E-state index is 0.0722. The lowest BCUT2D eigenvalue weighted by molar-refractivity contribution is 0.0921. The van der Waals surface area contributed by atoms with E-state index in [1.54, 1.807) is 18.2 Å². The molecule has 0 saturated heterocycles. The van der Waals surface area contributed by atoms with Gasteiger partial charge in [-0.25, -0.2) is 8.78 Å². The van der Waals surface area contributed by atoms with Crippen molar-refractivity contribution in [3.8, 4) is 0 Å². The van der Waals surface area contributed by atoms with Crippen molar-refractivity contribution in [2.24, 2.45) is 0 Å². The van der Waals surface area contributed by atoms with Gasteiger partial charge >= 0.3 is 0 Å². The van der Waals surface area contributed by atoms with Gasteiger partial charge in [0, 0.05) is 11.4 Å². The number of hydrogen-bond acceptors (Lipinski definition) is 3. The van der Waals surface area contributed by atoms with E-state index in [0.717, 1.165) is 0 Å². The van der Waals surface area contributed by atoms with Gasteiger partial charge in [-0.15, -0.1) is 0 Å². The minimum Gasteiger partial charge on any atom is -0.455 e. The number of benzene rings is 2. The molecule has 0 radical (unpaired) electrons. The molecule has 1 amide bonds. The summed E-state index contributed by atoms with van der Waals surface area (Å²) in [6.45, 7) is 0.161. The average Bonchev–Trinajstić information content (AvgIpc) is 3.09. The molecule has 26 heavy (non-hydrogen) atoms. The molecule has 0 aliphatic rings. The van der Waals surface area contributed by atoms with Crippen molar-refractivity contribution < 1.29 is 22.2 Å². The second kappa shape index (κ2) is 8.05. The Kier molecular flexibility index (Phi) is 5.58.